The first-order valence-electron chi connectivity index (χ1n) is 7.89. The molecule has 0 saturated heterocycles. The predicted molar refractivity (Wildman–Crippen MR) is 99.7 cm³/mol. The van der Waals surface area contributed by atoms with E-state index < -0.39 is 0 Å². The summed E-state index contributed by atoms with van der Waals surface area (Å²) < 4.78 is 11.0. The maximum atomic E-state index is 11.9. The monoisotopic (exact) mass is 360 g/mol. The van der Waals surface area contributed by atoms with Crippen LogP contribution < -0.4 is 14.9 Å². The van der Waals surface area contributed by atoms with Crippen LogP contribution in [0.1, 0.15) is 25.0 Å². The maximum Gasteiger partial charge on any atom is 0.244 e. The zero-order valence-electron chi connectivity index (χ0n) is 14.5. The van der Waals surface area contributed by atoms with Crippen LogP contribution >= 0.6 is 11.6 Å². The van der Waals surface area contributed by atoms with Crippen molar-refractivity contribution in [1.82, 2.24) is 5.43 Å². The minimum absolute atomic E-state index is 0.0279. The van der Waals surface area contributed by atoms with Crippen molar-refractivity contribution in [3.05, 3.63) is 58.6 Å². The largest absolute Gasteiger partial charge is 0.493 e. The number of amides is 1. The molecule has 1 N–H and O–H groups in total. The molecule has 0 aromatic heterocycles. The summed E-state index contributed by atoms with van der Waals surface area (Å²) in [5.41, 5.74) is 4.17. The molecule has 0 aliphatic rings. The van der Waals surface area contributed by atoms with Crippen LogP contribution in [0, 0.1) is 0 Å². The average Bonchev–Trinajstić information content (AvgIpc) is 2.57. The number of hydrogen-bond acceptors (Lipinski definition) is 4. The van der Waals surface area contributed by atoms with Gasteiger partial charge >= 0.3 is 0 Å². The summed E-state index contributed by atoms with van der Waals surface area (Å²) in [5, 5.41) is 4.62. The second-order valence-corrected chi connectivity index (χ2v) is 6.11. The van der Waals surface area contributed by atoms with E-state index in [1.807, 2.05) is 38.1 Å². The number of benzene rings is 2. The summed E-state index contributed by atoms with van der Waals surface area (Å²) in [6.07, 6.45) is 1.82. The molecule has 2 rings (SSSR count). The molecular weight excluding hydrogens is 340 g/mol. The molecule has 0 atom stereocenters. The van der Waals surface area contributed by atoms with Crippen molar-refractivity contribution in [1.29, 1.82) is 0 Å². The number of halogens is 1. The number of hydrogen-bond donors (Lipinski definition) is 1. The van der Waals surface area contributed by atoms with Crippen molar-refractivity contribution in [3.8, 4) is 11.5 Å². The summed E-state index contributed by atoms with van der Waals surface area (Å²) in [5.74, 6) is 1.08. The van der Waals surface area contributed by atoms with Crippen LogP contribution in [0.3, 0.4) is 0 Å². The van der Waals surface area contributed by atoms with Gasteiger partial charge in [0.25, 0.3) is 0 Å². The summed E-state index contributed by atoms with van der Waals surface area (Å²) in [4.78, 5) is 11.9. The topological polar surface area (TPSA) is 59.9 Å². The highest BCUT2D eigenvalue weighted by atomic mass is 35.5. The van der Waals surface area contributed by atoms with Crippen LogP contribution in [0.25, 0.3) is 0 Å². The van der Waals surface area contributed by atoms with E-state index in [2.05, 4.69) is 10.5 Å². The van der Waals surface area contributed by atoms with E-state index in [1.165, 1.54) is 0 Å². The van der Waals surface area contributed by atoms with Gasteiger partial charge in [-0.1, -0.05) is 23.7 Å². The molecule has 0 heterocycles. The predicted octanol–water partition coefficient (Wildman–Crippen LogP) is 3.83. The maximum absolute atomic E-state index is 11.9. The molecule has 6 heteroatoms. The van der Waals surface area contributed by atoms with Crippen LogP contribution in [-0.4, -0.2) is 25.3 Å². The number of hydrazone groups is 1. The number of rotatable bonds is 7. The molecule has 25 heavy (non-hydrogen) atoms. The van der Waals surface area contributed by atoms with Crippen molar-refractivity contribution >= 4 is 23.7 Å². The average molecular weight is 361 g/mol. The Morgan fingerprint density at radius 3 is 2.56 bits per heavy atom. The molecule has 5 nitrogen and oxygen atoms in total. The van der Waals surface area contributed by atoms with Gasteiger partial charge in [-0.2, -0.15) is 5.10 Å². The first-order chi connectivity index (χ1) is 12.0. The molecule has 0 spiro atoms. The Kier molecular flexibility index (Phi) is 6.83. The van der Waals surface area contributed by atoms with E-state index in [4.69, 9.17) is 21.1 Å². The Morgan fingerprint density at radius 2 is 1.92 bits per heavy atom. The van der Waals surface area contributed by atoms with Crippen molar-refractivity contribution in [2.24, 2.45) is 5.10 Å². The van der Waals surface area contributed by atoms with Gasteiger partial charge in [0.05, 0.1) is 25.8 Å². The highest BCUT2D eigenvalue weighted by Crippen LogP contribution is 2.28. The van der Waals surface area contributed by atoms with Crippen LogP contribution in [0.2, 0.25) is 5.02 Å². The summed E-state index contributed by atoms with van der Waals surface area (Å²) in [6, 6.07) is 12.6. The number of ether oxygens (including phenoxy) is 2. The Hall–Kier alpha value is -2.53. The standard InChI is InChI=1S/C19H21ClN2O3/c1-13(2)25-18-10-15(6-9-17(18)24-3)12-21-22-19(23)11-14-4-7-16(20)8-5-14/h4-10,12-13H,11H2,1-3H3,(H,22,23)/b21-12-. The van der Waals surface area contributed by atoms with Crippen LogP contribution in [0.5, 0.6) is 11.5 Å². The zero-order chi connectivity index (χ0) is 18.2. The van der Waals surface area contributed by atoms with Crippen molar-refractivity contribution < 1.29 is 14.3 Å². The van der Waals surface area contributed by atoms with E-state index >= 15 is 0 Å². The molecule has 0 unspecified atom stereocenters. The minimum Gasteiger partial charge on any atom is -0.493 e. The fourth-order valence-corrected chi connectivity index (χ4v) is 2.25. The number of carbonyl (C=O) groups excluding carboxylic acids is 1. The third-order valence-electron chi connectivity index (χ3n) is 3.23. The van der Waals surface area contributed by atoms with E-state index in [0.29, 0.717) is 16.5 Å². The lowest BCUT2D eigenvalue weighted by Crippen LogP contribution is -2.19. The van der Waals surface area contributed by atoms with Gasteiger partial charge in [-0.25, -0.2) is 5.43 Å². The zero-order valence-corrected chi connectivity index (χ0v) is 15.2. The van der Waals surface area contributed by atoms with Crippen molar-refractivity contribution in [2.45, 2.75) is 26.4 Å². The lowest BCUT2D eigenvalue weighted by molar-refractivity contribution is -0.120. The van der Waals surface area contributed by atoms with Gasteiger partial charge in [-0.3, -0.25) is 4.79 Å². The molecule has 132 valence electrons. The first kappa shape index (κ1) is 18.8. The Balaban J connectivity index is 1.96. The third kappa shape index (κ3) is 6.12. The van der Waals surface area contributed by atoms with Gasteiger partial charge < -0.3 is 9.47 Å². The van der Waals surface area contributed by atoms with Gasteiger partial charge in [-0.15, -0.1) is 0 Å². The van der Waals surface area contributed by atoms with Crippen LogP contribution in [0.15, 0.2) is 47.6 Å². The van der Waals surface area contributed by atoms with E-state index in [0.717, 1.165) is 11.1 Å². The Morgan fingerprint density at radius 1 is 1.20 bits per heavy atom. The molecule has 0 fully saturated rings. The molecule has 1 amide bonds. The number of nitrogens with one attached hydrogen (secondary N) is 1. The normalized spacial score (nSPS) is 10.9. The lowest BCUT2D eigenvalue weighted by Gasteiger charge is -2.13. The van der Waals surface area contributed by atoms with Crippen LogP contribution in [0.4, 0.5) is 0 Å². The molecule has 0 saturated carbocycles. The lowest BCUT2D eigenvalue weighted by atomic mass is 10.1. The summed E-state index contributed by atoms with van der Waals surface area (Å²) in [6.45, 7) is 3.88. The van der Waals surface area contributed by atoms with Gasteiger partial charge in [0, 0.05) is 5.02 Å². The van der Waals surface area contributed by atoms with Gasteiger partial charge in [0.2, 0.25) is 5.91 Å². The van der Waals surface area contributed by atoms with Crippen LogP contribution in [-0.2, 0) is 11.2 Å². The van der Waals surface area contributed by atoms with Crippen molar-refractivity contribution in [2.75, 3.05) is 7.11 Å². The highest BCUT2D eigenvalue weighted by Gasteiger charge is 2.07. The fourth-order valence-electron chi connectivity index (χ4n) is 2.13. The Bertz CT molecular complexity index is 743. The molecule has 2 aromatic carbocycles. The minimum atomic E-state index is -0.203. The van der Waals surface area contributed by atoms with Crippen molar-refractivity contribution in [3.63, 3.8) is 0 Å². The summed E-state index contributed by atoms with van der Waals surface area (Å²) >= 11 is 5.82. The number of nitrogens with zero attached hydrogens (tertiary/aromatic N) is 1. The van der Waals surface area contributed by atoms with Gasteiger partial charge in [0.1, 0.15) is 0 Å². The fraction of sp³-hybridized carbons (Fsp3) is 0.263. The second-order valence-electron chi connectivity index (χ2n) is 5.67. The summed E-state index contributed by atoms with van der Waals surface area (Å²) in [7, 11) is 1.59. The first-order valence-corrected chi connectivity index (χ1v) is 8.26. The second kappa shape index (κ2) is 9.08. The number of carbonyl (C=O) groups is 1. The molecule has 0 radical (unpaired) electrons. The molecule has 0 aliphatic carbocycles. The molecule has 0 bridgehead atoms. The van der Waals surface area contributed by atoms with E-state index in [9.17, 15) is 4.79 Å². The van der Waals surface area contributed by atoms with E-state index in [-0.39, 0.29) is 18.4 Å². The SMILES string of the molecule is COc1ccc(/C=N\NC(=O)Cc2ccc(Cl)cc2)cc1OC(C)C. The van der Waals surface area contributed by atoms with Gasteiger partial charge in [-0.05, 0) is 55.3 Å². The quantitative estimate of drug-likeness (QED) is 0.603. The van der Waals surface area contributed by atoms with Gasteiger partial charge in [0.15, 0.2) is 11.5 Å². The molecule has 2 aromatic rings. The smallest absolute Gasteiger partial charge is 0.244 e. The molecular formula is C19H21ClN2O3. The van der Waals surface area contributed by atoms with E-state index in [1.54, 1.807) is 31.5 Å². The highest BCUT2D eigenvalue weighted by molar-refractivity contribution is 6.30. The number of methoxy groups -OCH3 is 1. The Labute approximate surface area is 152 Å². The molecule has 0 aliphatic heterocycles. The third-order valence-corrected chi connectivity index (χ3v) is 3.48.